The van der Waals surface area contributed by atoms with Crippen molar-refractivity contribution in [3.05, 3.63) is 0 Å². The standard InChI is InChI=1S/C12H22/c1-10-5-8-12(9-6-10)7-3-4-11(12)2/h10-11H,3-9H2,1-2H3. The lowest BCUT2D eigenvalue weighted by molar-refractivity contribution is 0.113. The predicted molar refractivity (Wildman–Crippen MR) is 53.1 cm³/mol. The molecular formula is C12H22. The van der Waals surface area contributed by atoms with Crippen molar-refractivity contribution in [1.82, 2.24) is 0 Å². The summed E-state index contributed by atoms with van der Waals surface area (Å²) in [6, 6.07) is 0. The third-order valence-corrected chi connectivity index (χ3v) is 4.63. The van der Waals surface area contributed by atoms with Gasteiger partial charge in [-0.2, -0.15) is 0 Å². The quantitative estimate of drug-likeness (QED) is 0.510. The van der Waals surface area contributed by atoms with E-state index in [9.17, 15) is 0 Å². The molecule has 1 atom stereocenters. The number of rotatable bonds is 0. The molecule has 0 bridgehead atoms. The lowest BCUT2D eigenvalue weighted by Gasteiger charge is -2.39. The number of hydrogen-bond acceptors (Lipinski definition) is 0. The minimum Gasteiger partial charge on any atom is -0.0625 e. The van der Waals surface area contributed by atoms with E-state index in [1.807, 2.05) is 0 Å². The van der Waals surface area contributed by atoms with Crippen molar-refractivity contribution in [1.29, 1.82) is 0 Å². The second-order valence-electron chi connectivity index (χ2n) is 5.34. The summed E-state index contributed by atoms with van der Waals surface area (Å²) in [6.45, 7) is 4.91. The van der Waals surface area contributed by atoms with Gasteiger partial charge in [-0.15, -0.1) is 0 Å². The number of hydrogen-bond donors (Lipinski definition) is 0. The van der Waals surface area contributed by atoms with E-state index in [0.717, 1.165) is 17.3 Å². The van der Waals surface area contributed by atoms with Crippen LogP contribution in [0.2, 0.25) is 0 Å². The molecule has 70 valence electrons. The van der Waals surface area contributed by atoms with Gasteiger partial charge in [0.25, 0.3) is 0 Å². The van der Waals surface area contributed by atoms with Crippen LogP contribution in [-0.2, 0) is 0 Å². The van der Waals surface area contributed by atoms with E-state index in [4.69, 9.17) is 0 Å². The third-order valence-electron chi connectivity index (χ3n) is 4.63. The summed E-state index contributed by atoms with van der Waals surface area (Å²) >= 11 is 0. The van der Waals surface area contributed by atoms with Gasteiger partial charge in [0.1, 0.15) is 0 Å². The van der Waals surface area contributed by atoms with Gasteiger partial charge in [-0.25, -0.2) is 0 Å². The van der Waals surface area contributed by atoms with Gasteiger partial charge in [0.05, 0.1) is 0 Å². The maximum atomic E-state index is 2.49. The average Bonchev–Trinajstić information content (AvgIpc) is 2.41. The maximum absolute atomic E-state index is 2.49. The minimum absolute atomic E-state index is 0.812. The zero-order chi connectivity index (χ0) is 8.60. The van der Waals surface area contributed by atoms with Crippen molar-refractivity contribution >= 4 is 0 Å². The summed E-state index contributed by atoms with van der Waals surface area (Å²) < 4.78 is 0. The molecule has 2 aliphatic rings. The zero-order valence-corrected chi connectivity index (χ0v) is 8.60. The van der Waals surface area contributed by atoms with E-state index >= 15 is 0 Å². The Kier molecular flexibility index (Phi) is 2.18. The molecule has 0 aliphatic heterocycles. The first-order valence-electron chi connectivity index (χ1n) is 5.73. The molecule has 0 N–H and O–H groups in total. The smallest absolute Gasteiger partial charge is 0.0272 e. The van der Waals surface area contributed by atoms with Gasteiger partial charge in [0.15, 0.2) is 0 Å². The Labute approximate surface area is 76.7 Å². The van der Waals surface area contributed by atoms with Crippen molar-refractivity contribution < 1.29 is 0 Å². The molecule has 0 aromatic rings. The summed E-state index contributed by atoms with van der Waals surface area (Å²) in [5.41, 5.74) is 0.812. The highest BCUT2D eigenvalue weighted by Crippen LogP contribution is 2.53. The van der Waals surface area contributed by atoms with Gasteiger partial charge in [-0.05, 0) is 36.5 Å². The highest BCUT2D eigenvalue weighted by atomic mass is 14.5. The predicted octanol–water partition coefficient (Wildman–Crippen LogP) is 4.00. The second kappa shape index (κ2) is 3.05. The van der Waals surface area contributed by atoms with Crippen molar-refractivity contribution in [2.45, 2.75) is 58.8 Å². The topological polar surface area (TPSA) is 0 Å². The average molecular weight is 166 g/mol. The van der Waals surface area contributed by atoms with Gasteiger partial charge in [-0.1, -0.05) is 39.5 Å². The first-order valence-corrected chi connectivity index (χ1v) is 5.73. The van der Waals surface area contributed by atoms with Crippen LogP contribution >= 0.6 is 0 Å². The van der Waals surface area contributed by atoms with Crippen molar-refractivity contribution in [3.63, 3.8) is 0 Å². The van der Waals surface area contributed by atoms with Crippen LogP contribution in [0.4, 0.5) is 0 Å². The monoisotopic (exact) mass is 166 g/mol. The first kappa shape index (κ1) is 8.59. The Hall–Kier alpha value is 0. The van der Waals surface area contributed by atoms with Crippen molar-refractivity contribution in [2.75, 3.05) is 0 Å². The molecule has 0 radical (unpaired) electrons. The molecule has 2 rings (SSSR count). The van der Waals surface area contributed by atoms with Gasteiger partial charge in [-0.3, -0.25) is 0 Å². The fourth-order valence-electron chi connectivity index (χ4n) is 3.39. The summed E-state index contributed by atoms with van der Waals surface area (Å²) in [4.78, 5) is 0. The van der Waals surface area contributed by atoms with Crippen LogP contribution in [0.15, 0.2) is 0 Å². The fourth-order valence-corrected chi connectivity index (χ4v) is 3.39. The van der Waals surface area contributed by atoms with Gasteiger partial charge < -0.3 is 0 Å². The van der Waals surface area contributed by atoms with Crippen LogP contribution in [0.25, 0.3) is 0 Å². The molecule has 0 nitrogen and oxygen atoms in total. The molecule has 0 amide bonds. The second-order valence-corrected chi connectivity index (χ2v) is 5.34. The molecule has 0 saturated heterocycles. The van der Waals surface area contributed by atoms with E-state index in [1.54, 1.807) is 6.42 Å². The summed E-state index contributed by atoms with van der Waals surface area (Å²) in [7, 11) is 0. The molecule has 0 aromatic carbocycles. The largest absolute Gasteiger partial charge is 0.0625 e. The highest BCUT2D eigenvalue weighted by Gasteiger charge is 2.41. The molecular weight excluding hydrogens is 144 g/mol. The Bertz CT molecular complexity index is 151. The van der Waals surface area contributed by atoms with Crippen molar-refractivity contribution in [3.8, 4) is 0 Å². The Balaban J connectivity index is 2.02. The molecule has 2 fully saturated rings. The van der Waals surface area contributed by atoms with E-state index in [-0.39, 0.29) is 0 Å². The van der Waals surface area contributed by atoms with E-state index in [0.29, 0.717) is 0 Å². The van der Waals surface area contributed by atoms with Crippen LogP contribution < -0.4 is 0 Å². The van der Waals surface area contributed by atoms with E-state index in [2.05, 4.69) is 13.8 Å². The molecule has 0 heterocycles. The lowest BCUT2D eigenvalue weighted by Crippen LogP contribution is -2.28. The zero-order valence-electron chi connectivity index (χ0n) is 8.60. The summed E-state index contributed by atoms with van der Waals surface area (Å²) in [5, 5.41) is 0. The third kappa shape index (κ3) is 1.30. The Morgan fingerprint density at radius 2 is 1.58 bits per heavy atom. The van der Waals surface area contributed by atoms with Crippen LogP contribution in [0.5, 0.6) is 0 Å². The molecule has 0 aromatic heterocycles. The molecule has 0 heteroatoms. The molecule has 1 unspecified atom stereocenters. The van der Waals surface area contributed by atoms with Crippen LogP contribution in [0.1, 0.15) is 58.8 Å². The Morgan fingerprint density at radius 1 is 0.917 bits per heavy atom. The SMILES string of the molecule is CC1CCC2(CCCC2C)CC1. The minimum atomic E-state index is 0.812. The molecule has 1 spiro atoms. The van der Waals surface area contributed by atoms with E-state index in [1.165, 1.54) is 38.5 Å². The van der Waals surface area contributed by atoms with Crippen LogP contribution in [-0.4, -0.2) is 0 Å². The van der Waals surface area contributed by atoms with E-state index < -0.39 is 0 Å². The van der Waals surface area contributed by atoms with Crippen LogP contribution in [0, 0.1) is 17.3 Å². The fraction of sp³-hybridized carbons (Fsp3) is 1.00. The normalized spacial score (nSPS) is 48.5. The first-order chi connectivity index (χ1) is 5.73. The molecule has 2 saturated carbocycles. The summed E-state index contributed by atoms with van der Waals surface area (Å²) in [6.07, 6.45) is 10.6. The Morgan fingerprint density at radius 3 is 2.08 bits per heavy atom. The van der Waals surface area contributed by atoms with Crippen LogP contribution in [0.3, 0.4) is 0 Å². The highest BCUT2D eigenvalue weighted by molar-refractivity contribution is 4.92. The van der Waals surface area contributed by atoms with Gasteiger partial charge in [0, 0.05) is 0 Å². The van der Waals surface area contributed by atoms with Crippen molar-refractivity contribution in [2.24, 2.45) is 17.3 Å². The summed E-state index contributed by atoms with van der Waals surface area (Å²) in [5.74, 6) is 2.05. The van der Waals surface area contributed by atoms with Gasteiger partial charge in [0.2, 0.25) is 0 Å². The lowest BCUT2D eigenvalue weighted by atomic mass is 9.66. The molecule has 2 aliphatic carbocycles. The van der Waals surface area contributed by atoms with Gasteiger partial charge >= 0.3 is 0 Å². The molecule has 12 heavy (non-hydrogen) atoms. The maximum Gasteiger partial charge on any atom is -0.0272 e.